The maximum atomic E-state index is 12.8. The lowest BCUT2D eigenvalue weighted by Crippen LogP contribution is -2.44. The Balaban J connectivity index is 1.65. The highest BCUT2D eigenvalue weighted by molar-refractivity contribution is 5.92. The summed E-state index contributed by atoms with van der Waals surface area (Å²) >= 11 is 0. The van der Waals surface area contributed by atoms with Gasteiger partial charge in [0.05, 0.1) is 19.1 Å². The van der Waals surface area contributed by atoms with Gasteiger partial charge in [-0.3, -0.25) is 4.79 Å². The normalized spacial score (nSPS) is 21.2. The Bertz CT molecular complexity index is 657. The summed E-state index contributed by atoms with van der Waals surface area (Å²) in [6.07, 6.45) is -0.0935. The molecule has 1 aromatic rings. The second-order valence-corrected chi connectivity index (χ2v) is 6.26. The molecule has 0 spiro atoms. The number of alkyl halides is 3. The molecule has 1 unspecified atom stereocenters. The zero-order chi connectivity index (χ0) is 17.9. The maximum Gasteiger partial charge on any atom is 0.393 e. The van der Waals surface area contributed by atoms with Crippen molar-refractivity contribution in [3.05, 3.63) is 29.8 Å². The number of fused-ring (bicyclic) bond motifs is 1. The number of ether oxygens (including phenoxy) is 2. The third-order valence-electron chi connectivity index (χ3n) is 4.39. The molecule has 2 aliphatic rings. The summed E-state index contributed by atoms with van der Waals surface area (Å²) in [7, 11) is 0. The molecule has 7 heteroatoms. The molecule has 25 heavy (non-hydrogen) atoms. The van der Waals surface area contributed by atoms with Crippen molar-refractivity contribution in [2.75, 3.05) is 26.3 Å². The van der Waals surface area contributed by atoms with Gasteiger partial charge in [0.15, 0.2) is 11.5 Å². The fourth-order valence-corrected chi connectivity index (χ4v) is 3.00. The SMILES string of the molecule is O=C(C=Cc1ccc2c(c1)OCCCO2)N1CCCC(C(F)(F)F)C1. The fraction of sp³-hybridized carbons (Fsp3) is 0.500. The monoisotopic (exact) mass is 355 g/mol. The number of carbonyl (C=O) groups is 1. The summed E-state index contributed by atoms with van der Waals surface area (Å²) in [6.45, 7) is 1.24. The summed E-state index contributed by atoms with van der Waals surface area (Å²) < 4.78 is 49.6. The minimum atomic E-state index is -4.25. The summed E-state index contributed by atoms with van der Waals surface area (Å²) in [4.78, 5) is 13.5. The van der Waals surface area contributed by atoms with E-state index >= 15 is 0 Å². The Kier molecular flexibility index (Phi) is 5.20. The van der Waals surface area contributed by atoms with Crippen molar-refractivity contribution in [1.82, 2.24) is 4.90 Å². The van der Waals surface area contributed by atoms with Gasteiger partial charge in [-0.1, -0.05) is 6.07 Å². The van der Waals surface area contributed by atoms with Crippen molar-refractivity contribution in [2.24, 2.45) is 5.92 Å². The number of rotatable bonds is 2. The molecule has 1 amide bonds. The van der Waals surface area contributed by atoms with Gasteiger partial charge >= 0.3 is 6.18 Å². The molecule has 0 saturated carbocycles. The van der Waals surface area contributed by atoms with Crippen LogP contribution in [-0.2, 0) is 4.79 Å². The molecule has 3 rings (SSSR count). The number of hydrogen-bond donors (Lipinski definition) is 0. The Morgan fingerprint density at radius 3 is 2.68 bits per heavy atom. The lowest BCUT2D eigenvalue weighted by Gasteiger charge is -2.33. The molecular weight excluding hydrogens is 335 g/mol. The average molecular weight is 355 g/mol. The van der Waals surface area contributed by atoms with Gasteiger partial charge in [0.1, 0.15) is 0 Å². The topological polar surface area (TPSA) is 38.8 Å². The van der Waals surface area contributed by atoms with Crippen LogP contribution < -0.4 is 9.47 Å². The highest BCUT2D eigenvalue weighted by atomic mass is 19.4. The van der Waals surface area contributed by atoms with Crippen molar-refractivity contribution in [1.29, 1.82) is 0 Å². The van der Waals surface area contributed by atoms with Crippen molar-refractivity contribution >= 4 is 12.0 Å². The molecule has 0 N–H and O–H groups in total. The second kappa shape index (κ2) is 7.37. The highest BCUT2D eigenvalue weighted by Gasteiger charge is 2.42. The number of hydrogen-bond acceptors (Lipinski definition) is 3. The minimum absolute atomic E-state index is 0.0825. The second-order valence-electron chi connectivity index (χ2n) is 6.26. The van der Waals surface area contributed by atoms with E-state index in [0.29, 0.717) is 37.7 Å². The first kappa shape index (κ1) is 17.6. The van der Waals surface area contributed by atoms with Crippen molar-refractivity contribution < 1.29 is 27.4 Å². The molecule has 2 heterocycles. The van der Waals surface area contributed by atoms with E-state index in [-0.39, 0.29) is 13.0 Å². The lowest BCUT2D eigenvalue weighted by atomic mass is 9.97. The van der Waals surface area contributed by atoms with Gasteiger partial charge in [0.25, 0.3) is 0 Å². The van der Waals surface area contributed by atoms with Gasteiger partial charge in [0.2, 0.25) is 5.91 Å². The van der Waals surface area contributed by atoms with E-state index in [4.69, 9.17) is 9.47 Å². The summed E-state index contributed by atoms with van der Waals surface area (Å²) in [5.41, 5.74) is 0.738. The Morgan fingerprint density at radius 2 is 1.92 bits per heavy atom. The molecule has 1 fully saturated rings. The zero-order valence-electron chi connectivity index (χ0n) is 13.7. The largest absolute Gasteiger partial charge is 0.490 e. The molecule has 0 aromatic heterocycles. The van der Waals surface area contributed by atoms with Crippen molar-refractivity contribution in [3.8, 4) is 11.5 Å². The molecular formula is C18H20F3NO3. The molecule has 4 nitrogen and oxygen atoms in total. The quantitative estimate of drug-likeness (QED) is 0.760. The smallest absolute Gasteiger partial charge is 0.393 e. The summed E-state index contributed by atoms with van der Waals surface area (Å²) in [5, 5.41) is 0. The first-order valence-corrected chi connectivity index (χ1v) is 8.37. The lowest BCUT2D eigenvalue weighted by molar-refractivity contribution is -0.187. The predicted octanol–water partition coefficient (Wildman–Crippen LogP) is 3.66. The molecule has 2 aliphatic heterocycles. The average Bonchev–Trinajstić information content (AvgIpc) is 2.84. The van der Waals surface area contributed by atoms with Crippen LogP contribution in [0.4, 0.5) is 13.2 Å². The van der Waals surface area contributed by atoms with E-state index < -0.39 is 18.0 Å². The van der Waals surface area contributed by atoms with E-state index in [9.17, 15) is 18.0 Å². The van der Waals surface area contributed by atoms with Crippen LogP contribution in [0.25, 0.3) is 6.08 Å². The molecule has 0 aliphatic carbocycles. The summed E-state index contributed by atoms with van der Waals surface area (Å²) in [5.74, 6) is -0.565. The van der Waals surface area contributed by atoms with Crippen molar-refractivity contribution in [2.45, 2.75) is 25.4 Å². The molecule has 0 bridgehead atoms. The molecule has 0 radical (unpaired) electrons. The Labute approximate surface area is 144 Å². The first-order valence-electron chi connectivity index (χ1n) is 8.37. The predicted molar refractivity (Wildman–Crippen MR) is 86.4 cm³/mol. The number of carbonyl (C=O) groups excluding carboxylic acids is 1. The van der Waals surface area contributed by atoms with E-state index in [1.807, 2.05) is 0 Å². The van der Waals surface area contributed by atoms with Crippen molar-refractivity contribution in [3.63, 3.8) is 0 Å². The van der Waals surface area contributed by atoms with Gasteiger partial charge < -0.3 is 14.4 Å². The van der Waals surface area contributed by atoms with Gasteiger partial charge in [-0.05, 0) is 36.6 Å². The highest BCUT2D eigenvalue weighted by Crippen LogP contribution is 2.33. The van der Waals surface area contributed by atoms with Crippen LogP contribution in [0.15, 0.2) is 24.3 Å². The van der Waals surface area contributed by atoms with E-state index in [0.717, 1.165) is 12.0 Å². The zero-order valence-corrected chi connectivity index (χ0v) is 13.7. The van der Waals surface area contributed by atoms with Crippen LogP contribution in [0.1, 0.15) is 24.8 Å². The van der Waals surface area contributed by atoms with Gasteiger partial charge in [0, 0.05) is 25.6 Å². The van der Waals surface area contributed by atoms with Crippen LogP contribution in [0, 0.1) is 5.92 Å². The van der Waals surface area contributed by atoms with Gasteiger partial charge in [-0.2, -0.15) is 13.2 Å². The first-order chi connectivity index (χ1) is 11.9. The molecule has 136 valence electrons. The van der Waals surface area contributed by atoms with Crippen LogP contribution in [0.2, 0.25) is 0 Å². The number of amides is 1. The standard InChI is InChI=1S/C18H20F3NO3/c19-18(20,21)14-3-1-8-22(12-14)17(23)7-5-13-4-6-15-16(11-13)25-10-2-9-24-15/h4-7,11,14H,1-3,8-10,12H2. The van der Waals surface area contributed by atoms with Gasteiger partial charge in [-0.25, -0.2) is 0 Å². The minimum Gasteiger partial charge on any atom is -0.490 e. The number of halogens is 3. The number of nitrogens with zero attached hydrogens (tertiary/aromatic N) is 1. The molecule has 1 aromatic carbocycles. The fourth-order valence-electron chi connectivity index (χ4n) is 3.00. The van der Waals surface area contributed by atoms with Crippen LogP contribution in [0.3, 0.4) is 0 Å². The maximum absolute atomic E-state index is 12.8. The number of benzene rings is 1. The summed E-state index contributed by atoms with van der Waals surface area (Å²) in [6, 6.07) is 5.32. The van der Waals surface area contributed by atoms with Crippen LogP contribution >= 0.6 is 0 Å². The molecule has 1 atom stereocenters. The number of likely N-dealkylation sites (tertiary alicyclic amines) is 1. The third kappa shape index (κ3) is 4.46. The van der Waals surface area contributed by atoms with E-state index in [1.165, 1.54) is 11.0 Å². The van der Waals surface area contributed by atoms with Gasteiger partial charge in [-0.15, -0.1) is 0 Å². The van der Waals surface area contributed by atoms with E-state index in [1.54, 1.807) is 24.3 Å². The number of piperidine rings is 1. The van der Waals surface area contributed by atoms with Crippen LogP contribution in [0.5, 0.6) is 11.5 Å². The van der Waals surface area contributed by atoms with Crippen LogP contribution in [-0.4, -0.2) is 43.3 Å². The Morgan fingerprint density at radius 1 is 1.16 bits per heavy atom. The third-order valence-corrected chi connectivity index (χ3v) is 4.39. The van der Waals surface area contributed by atoms with E-state index in [2.05, 4.69) is 0 Å². The molecule has 1 saturated heterocycles. The Hall–Kier alpha value is -2.18.